The van der Waals surface area contributed by atoms with Crippen LogP contribution in [0.25, 0.3) is 0 Å². The summed E-state index contributed by atoms with van der Waals surface area (Å²) in [4.78, 5) is 22.9. The van der Waals surface area contributed by atoms with Crippen molar-refractivity contribution in [3.63, 3.8) is 0 Å². The van der Waals surface area contributed by atoms with Gasteiger partial charge in [-0.25, -0.2) is 4.79 Å². The number of carbonyl (C=O) groups excluding carboxylic acids is 2. The number of rotatable bonds is 7. The Bertz CT molecular complexity index is 454. The third kappa shape index (κ3) is 4.06. The van der Waals surface area contributed by atoms with Crippen LogP contribution in [0.4, 0.5) is 0 Å². The number of methoxy groups -OCH3 is 1. The molecule has 1 saturated carbocycles. The number of esters is 1. The van der Waals surface area contributed by atoms with E-state index in [9.17, 15) is 9.59 Å². The molecule has 1 aromatic rings. The molecule has 1 amide bonds. The first-order chi connectivity index (χ1) is 9.20. The van der Waals surface area contributed by atoms with E-state index in [0.29, 0.717) is 19.1 Å². The van der Waals surface area contributed by atoms with Gasteiger partial charge in [0.1, 0.15) is 0 Å². The van der Waals surface area contributed by atoms with Crippen molar-refractivity contribution in [2.45, 2.75) is 18.8 Å². The summed E-state index contributed by atoms with van der Waals surface area (Å²) in [7, 11) is 1.54. The van der Waals surface area contributed by atoms with Crippen LogP contribution in [0, 0.1) is 0 Å². The number of aromatic nitrogens is 2. The molecule has 1 heterocycles. The van der Waals surface area contributed by atoms with Gasteiger partial charge in [-0.2, -0.15) is 5.10 Å². The number of carbonyl (C=O) groups is 2. The van der Waals surface area contributed by atoms with E-state index in [-0.39, 0.29) is 18.2 Å². The maximum Gasteiger partial charge on any atom is 0.359 e. The highest BCUT2D eigenvalue weighted by Gasteiger charge is 2.26. The predicted octanol–water partition coefficient (Wildman–Crippen LogP) is 0.206. The molecule has 7 heteroatoms. The van der Waals surface area contributed by atoms with E-state index >= 15 is 0 Å². The highest BCUT2D eigenvalue weighted by atomic mass is 16.5. The van der Waals surface area contributed by atoms with E-state index in [4.69, 9.17) is 9.47 Å². The number of nitrogens with zero attached hydrogens (tertiary/aromatic N) is 1. The fourth-order valence-corrected chi connectivity index (χ4v) is 1.59. The van der Waals surface area contributed by atoms with E-state index in [1.807, 2.05) is 0 Å². The molecule has 0 spiro atoms. The Morgan fingerprint density at radius 1 is 1.53 bits per heavy atom. The normalized spacial score (nSPS) is 14.2. The lowest BCUT2D eigenvalue weighted by Gasteiger charge is -2.04. The molecule has 0 unspecified atom stereocenters. The van der Waals surface area contributed by atoms with Crippen LogP contribution in [0.15, 0.2) is 6.07 Å². The molecule has 2 rings (SSSR count). The molecule has 0 aliphatic heterocycles. The predicted molar refractivity (Wildman–Crippen MR) is 65.7 cm³/mol. The lowest BCUT2D eigenvalue weighted by Crippen LogP contribution is -2.31. The summed E-state index contributed by atoms with van der Waals surface area (Å²) < 4.78 is 9.64. The number of hydrogen-bond donors (Lipinski definition) is 2. The van der Waals surface area contributed by atoms with E-state index in [0.717, 1.165) is 18.5 Å². The molecule has 1 aromatic heterocycles. The van der Waals surface area contributed by atoms with Crippen molar-refractivity contribution < 1.29 is 19.1 Å². The van der Waals surface area contributed by atoms with Crippen LogP contribution in [0.1, 0.15) is 34.9 Å². The van der Waals surface area contributed by atoms with Crippen LogP contribution in [-0.4, -0.2) is 48.9 Å². The number of amides is 1. The molecule has 1 aliphatic carbocycles. The van der Waals surface area contributed by atoms with Gasteiger partial charge in [0.05, 0.1) is 6.61 Å². The highest BCUT2D eigenvalue weighted by Crippen LogP contribution is 2.38. The van der Waals surface area contributed by atoms with Gasteiger partial charge in [-0.3, -0.25) is 9.89 Å². The average Bonchev–Trinajstić information content (AvgIpc) is 3.14. The molecule has 2 N–H and O–H groups in total. The lowest BCUT2D eigenvalue weighted by molar-refractivity contribution is -0.124. The van der Waals surface area contributed by atoms with Crippen molar-refractivity contribution in [2.24, 2.45) is 0 Å². The van der Waals surface area contributed by atoms with Crippen LogP contribution in [0.2, 0.25) is 0 Å². The minimum Gasteiger partial charge on any atom is -0.451 e. The van der Waals surface area contributed by atoms with E-state index < -0.39 is 5.97 Å². The topological polar surface area (TPSA) is 93.3 Å². The van der Waals surface area contributed by atoms with Gasteiger partial charge < -0.3 is 14.8 Å². The first-order valence-corrected chi connectivity index (χ1v) is 6.18. The third-order valence-corrected chi connectivity index (χ3v) is 2.79. The van der Waals surface area contributed by atoms with Crippen molar-refractivity contribution in [3.05, 3.63) is 17.5 Å². The summed E-state index contributed by atoms with van der Waals surface area (Å²) in [5.41, 5.74) is 1.17. The Morgan fingerprint density at radius 3 is 3.00 bits per heavy atom. The van der Waals surface area contributed by atoms with Crippen LogP contribution in [-0.2, 0) is 14.3 Å². The second kappa shape index (κ2) is 6.33. The molecule has 104 valence electrons. The van der Waals surface area contributed by atoms with Crippen LogP contribution in [0.5, 0.6) is 0 Å². The van der Waals surface area contributed by atoms with Crippen molar-refractivity contribution in [1.29, 1.82) is 0 Å². The van der Waals surface area contributed by atoms with Gasteiger partial charge in [-0.1, -0.05) is 0 Å². The largest absolute Gasteiger partial charge is 0.451 e. The zero-order valence-electron chi connectivity index (χ0n) is 10.8. The van der Waals surface area contributed by atoms with Crippen molar-refractivity contribution in [3.8, 4) is 0 Å². The molecular weight excluding hydrogens is 250 g/mol. The van der Waals surface area contributed by atoms with Crippen molar-refractivity contribution in [1.82, 2.24) is 15.5 Å². The molecule has 0 bridgehead atoms. The second-order valence-electron chi connectivity index (χ2n) is 4.40. The molecule has 1 aliphatic rings. The van der Waals surface area contributed by atoms with Crippen LogP contribution in [0.3, 0.4) is 0 Å². The molecule has 0 saturated heterocycles. The first kappa shape index (κ1) is 13.5. The monoisotopic (exact) mass is 267 g/mol. The quantitative estimate of drug-likeness (QED) is 0.544. The zero-order valence-corrected chi connectivity index (χ0v) is 10.8. The fourth-order valence-electron chi connectivity index (χ4n) is 1.59. The fraction of sp³-hybridized carbons (Fsp3) is 0.583. The van der Waals surface area contributed by atoms with E-state index in [1.165, 1.54) is 0 Å². The molecular formula is C12H17N3O4. The number of H-pyrrole nitrogens is 1. The number of aromatic amines is 1. The summed E-state index contributed by atoms with van der Waals surface area (Å²) in [6.45, 7) is 0.499. The molecule has 0 aromatic carbocycles. The summed E-state index contributed by atoms with van der Waals surface area (Å²) in [5.74, 6) is -0.459. The standard InChI is InChI=1S/C12H17N3O4/c1-18-5-4-13-11(16)7-19-12(17)10-6-9(14-15-10)8-2-3-8/h6,8H,2-5,7H2,1H3,(H,13,16)(H,14,15). The molecule has 1 fully saturated rings. The summed E-state index contributed by atoms with van der Waals surface area (Å²) >= 11 is 0. The SMILES string of the molecule is COCCNC(=O)COC(=O)c1cc(C2CC2)[nH]n1. The molecule has 7 nitrogen and oxygen atoms in total. The second-order valence-corrected chi connectivity index (χ2v) is 4.40. The van der Waals surface area contributed by atoms with Crippen molar-refractivity contribution >= 4 is 11.9 Å². The zero-order chi connectivity index (χ0) is 13.7. The van der Waals surface area contributed by atoms with Gasteiger partial charge in [-0.05, 0) is 18.9 Å². The maximum atomic E-state index is 11.6. The third-order valence-electron chi connectivity index (χ3n) is 2.79. The number of ether oxygens (including phenoxy) is 2. The maximum absolute atomic E-state index is 11.6. The molecule has 0 radical (unpaired) electrons. The number of hydrogen-bond acceptors (Lipinski definition) is 5. The van der Waals surface area contributed by atoms with Gasteiger partial charge in [0.2, 0.25) is 0 Å². The first-order valence-electron chi connectivity index (χ1n) is 6.18. The van der Waals surface area contributed by atoms with Gasteiger partial charge in [0.25, 0.3) is 5.91 Å². The Kier molecular flexibility index (Phi) is 4.51. The Hall–Kier alpha value is -1.89. The van der Waals surface area contributed by atoms with Gasteiger partial charge in [0, 0.05) is 25.3 Å². The molecule has 0 atom stereocenters. The lowest BCUT2D eigenvalue weighted by atomic mass is 10.3. The van der Waals surface area contributed by atoms with Crippen LogP contribution >= 0.6 is 0 Å². The minimum absolute atomic E-state index is 0.214. The van der Waals surface area contributed by atoms with Gasteiger partial charge in [0.15, 0.2) is 12.3 Å². The van der Waals surface area contributed by atoms with E-state index in [2.05, 4.69) is 15.5 Å². The minimum atomic E-state index is -0.593. The number of nitrogens with one attached hydrogen (secondary N) is 2. The Labute approximate surface area is 110 Å². The van der Waals surface area contributed by atoms with Gasteiger partial charge in [-0.15, -0.1) is 0 Å². The summed E-state index contributed by atoms with van der Waals surface area (Å²) in [6.07, 6.45) is 2.25. The van der Waals surface area contributed by atoms with Crippen molar-refractivity contribution in [2.75, 3.05) is 26.9 Å². The average molecular weight is 267 g/mol. The summed E-state index contributed by atoms with van der Waals surface area (Å²) in [6, 6.07) is 1.68. The summed E-state index contributed by atoms with van der Waals surface area (Å²) in [5, 5.41) is 9.24. The Balaban J connectivity index is 1.72. The van der Waals surface area contributed by atoms with Crippen LogP contribution < -0.4 is 5.32 Å². The van der Waals surface area contributed by atoms with E-state index in [1.54, 1.807) is 13.2 Å². The smallest absolute Gasteiger partial charge is 0.359 e. The Morgan fingerprint density at radius 2 is 2.32 bits per heavy atom. The highest BCUT2D eigenvalue weighted by molar-refractivity contribution is 5.89. The van der Waals surface area contributed by atoms with Gasteiger partial charge >= 0.3 is 5.97 Å². The molecule has 19 heavy (non-hydrogen) atoms.